The van der Waals surface area contributed by atoms with Gasteiger partial charge in [0.05, 0.1) is 10.5 Å². The lowest BCUT2D eigenvalue weighted by Gasteiger charge is -2.04. The minimum absolute atomic E-state index is 0.163. The number of halogens is 2. The van der Waals surface area contributed by atoms with E-state index in [1.807, 2.05) is 0 Å². The Hall–Kier alpha value is -2.37. The van der Waals surface area contributed by atoms with Crippen LogP contribution in [0, 0.1) is 21.7 Å². The lowest BCUT2D eigenvalue weighted by atomic mass is 10.0. The van der Waals surface area contributed by atoms with Crippen molar-refractivity contribution in [2.75, 3.05) is 0 Å². The number of hydrogen-bond donors (Lipinski definition) is 0. The molecule has 0 saturated carbocycles. The maximum absolute atomic E-state index is 13.6. The molecule has 0 amide bonds. The van der Waals surface area contributed by atoms with Crippen LogP contribution in [0.4, 0.5) is 14.5 Å². The molecule has 2 rings (SSSR count). The molecule has 0 aliphatic rings. The Kier molecular flexibility index (Phi) is 2.78. The van der Waals surface area contributed by atoms with Gasteiger partial charge in [-0.05, 0) is 12.1 Å². The number of nitrogens with zero attached hydrogens (tertiary/aromatic N) is 2. The first-order valence-electron chi connectivity index (χ1n) is 4.64. The molecule has 0 radical (unpaired) electrons. The molecule has 0 N–H and O–H groups in total. The van der Waals surface area contributed by atoms with E-state index in [0.717, 1.165) is 12.1 Å². The molecule has 4 nitrogen and oxygen atoms in total. The third-order valence-corrected chi connectivity index (χ3v) is 2.22. The molecule has 1 heterocycles. The second-order valence-electron chi connectivity index (χ2n) is 3.25. The van der Waals surface area contributed by atoms with E-state index in [2.05, 4.69) is 4.98 Å². The van der Waals surface area contributed by atoms with Crippen LogP contribution in [0.1, 0.15) is 0 Å². The summed E-state index contributed by atoms with van der Waals surface area (Å²) >= 11 is 0. The molecule has 86 valence electrons. The number of benzene rings is 1. The summed E-state index contributed by atoms with van der Waals surface area (Å²) in [6.07, 6.45) is 2.68. The number of aromatic nitrogens is 1. The van der Waals surface area contributed by atoms with E-state index < -0.39 is 22.2 Å². The molecular formula is C11H6F2N2O2. The zero-order chi connectivity index (χ0) is 12.4. The van der Waals surface area contributed by atoms with Gasteiger partial charge in [0.15, 0.2) is 11.6 Å². The van der Waals surface area contributed by atoms with Gasteiger partial charge in [-0.25, -0.2) is 8.78 Å². The SMILES string of the molecule is O=[N+]([O-])c1ccc(F)c(F)c1-c1cccnc1. The highest BCUT2D eigenvalue weighted by Gasteiger charge is 2.22. The molecule has 0 fully saturated rings. The van der Waals surface area contributed by atoms with Crippen LogP contribution in [-0.4, -0.2) is 9.91 Å². The van der Waals surface area contributed by atoms with Crippen LogP contribution in [0.2, 0.25) is 0 Å². The van der Waals surface area contributed by atoms with Crippen molar-refractivity contribution in [1.82, 2.24) is 4.98 Å². The van der Waals surface area contributed by atoms with Crippen molar-refractivity contribution in [3.63, 3.8) is 0 Å². The van der Waals surface area contributed by atoms with E-state index in [0.29, 0.717) is 0 Å². The molecule has 0 saturated heterocycles. The number of hydrogen-bond acceptors (Lipinski definition) is 3. The average molecular weight is 236 g/mol. The van der Waals surface area contributed by atoms with Crippen molar-refractivity contribution in [2.24, 2.45) is 0 Å². The maximum atomic E-state index is 13.6. The van der Waals surface area contributed by atoms with Crippen molar-refractivity contribution in [3.8, 4) is 11.1 Å². The molecule has 1 aromatic heterocycles. The third kappa shape index (κ3) is 1.96. The lowest BCUT2D eigenvalue weighted by molar-refractivity contribution is -0.384. The fourth-order valence-electron chi connectivity index (χ4n) is 1.48. The summed E-state index contributed by atoms with van der Waals surface area (Å²) in [5.74, 6) is -2.37. The van der Waals surface area contributed by atoms with Crippen LogP contribution in [0.3, 0.4) is 0 Å². The first kappa shape index (κ1) is 11.1. The van der Waals surface area contributed by atoms with Gasteiger partial charge in [-0.2, -0.15) is 0 Å². The predicted molar refractivity (Wildman–Crippen MR) is 56.2 cm³/mol. The van der Waals surface area contributed by atoms with Gasteiger partial charge in [0, 0.05) is 24.0 Å². The van der Waals surface area contributed by atoms with Crippen molar-refractivity contribution in [1.29, 1.82) is 0 Å². The van der Waals surface area contributed by atoms with E-state index in [4.69, 9.17) is 0 Å². The molecule has 0 aliphatic carbocycles. The van der Waals surface area contributed by atoms with Crippen LogP contribution in [0.25, 0.3) is 11.1 Å². The van der Waals surface area contributed by atoms with Crippen molar-refractivity contribution >= 4 is 5.69 Å². The normalized spacial score (nSPS) is 10.2. The van der Waals surface area contributed by atoms with Gasteiger partial charge in [0.2, 0.25) is 0 Å². The number of rotatable bonds is 2. The summed E-state index contributed by atoms with van der Waals surface area (Å²) < 4.78 is 26.7. The van der Waals surface area contributed by atoms with Gasteiger partial charge in [-0.3, -0.25) is 15.1 Å². The van der Waals surface area contributed by atoms with Gasteiger partial charge in [-0.1, -0.05) is 6.07 Å². The summed E-state index contributed by atoms with van der Waals surface area (Å²) in [5, 5.41) is 10.8. The highest BCUT2D eigenvalue weighted by Crippen LogP contribution is 2.32. The maximum Gasteiger partial charge on any atom is 0.280 e. The molecule has 0 spiro atoms. The van der Waals surface area contributed by atoms with Crippen molar-refractivity contribution in [3.05, 3.63) is 58.4 Å². The summed E-state index contributed by atoms with van der Waals surface area (Å²) in [5.41, 5.74) is -0.712. The van der Waals surface area contributed by atoms with Gasteiger partial charge in [0.1, 0.15) is 0 Å². The van der Waals surface area contributed by atoms with Gasteiger partial charge < -0.3 is 0 Å². The first-order valence-corrected chi connectivity index (χ1v) is 4.64. The van der Waals surface area contributed by atoms with Gasteiger partial charge >= 0.3 is 0 Å². The molecule has 0 atom stereocenters. The Morgan fingerprint density at radius 3 is 2.59 bits per heavy atom. The summed E-state index contributed by atoms with van der Waals surface area (Å²) in [6, 6.07) is 4.58. The smallest absolute Gasteiger partial charge is 0.264 e. The topological polar surface area (TPSA) is 56.0 Å². The molecule has 1 aromatic carbocycles. The molecule has 2 aromatic rings. The Labute approximate surface area is 94.7 Å². The van der Waals surface area contributed by atoms with Crippen molar-refractivity contribution in [2.45, 2.75) is 0 Å². The van der Waals surface area contributed by atoms with Crippen LogP contribution < -0.4 is 0 Å². The zero-order valence-corrected chi connectivity index (χ0v) is 8.43. The first-order chi connectivity index (χ1) is 8.11. The minimum Gasteiger partial charge on any atom is -0.264 e. The Bertz CT molecular complexity index is 573. The summed E-state index contributed by atoms with van der Waals surface area (Å²) in [6.45, 7) is 0. The monoisotopic (exact) mass is 236 g/mol. The van der Waals surface area contributed by atoms with E-state index in [-0.39, 0.29) is 11.1 Å². The van der Waals surface area contributed by atoms with E-state index in [1.54, 1.807) is 0 Å². The Morgan fingerprint density at radius 2 is 2.00 bits per heavy atom. The van der Waals surface area contributed by atoms with E-state index >= 15 is 0 Å². The molecule has 6 heteroatoms. The highest BCUT2D eigenvalue weighted by atomic mass is 19.2. The predicted octanol–water partition coefficient (Wildman–Crippen LogP) is 2.94. The van der Waals surface area contributed by atoms with Crippen LogP contribution in [0.15, 0.2) is 36.7 Å². The van der Waals surface area contributed by atoms with Gasteiger partial charge in [-0.15, -0.1) is 0 Å². The molecule has 0 unspecified atom stereocenters. The van der Waals surface area contributed by atoms with E-state index in [9.17, 15) is 18.9 Å². The largest absolute Gasteiger partial charge is 0.280 e. The number of nitro benzene ring substituents is 1. The standard InChI is InChI=1S/C11H6F2N2O2/c12-8-3-4-9(15(16)17)10(11(8)13)7-2-1-5-14-6-7/h1-6H. The second kappa shape index (κ2) is 4.25. The molecule has 17 heavy (non-hydrogen) atoms. The zero-order valence-electron chi connectivity index (χ0n) is 8.43. The minimum atomic E-state index is -1.24. The van der Waals surface area contributed by atoms with Crippen LogP contribution >= 0.6 is 0 Å². The fourth-order valence-corrected chi connectivity index (χ4v) is 1.48. The second-order valence-corrected chi connectivity index (χ2v) is 3.25. The summed E-state index contributed by atoms with van der Waals surface area (Å²) in [7, 11) is 0. The quantitative estimate of drug-likeness (QED) is 0.595. The van der Waals surface area contributed by atoms with Crippen molar-refractivity contribution < 1.29 is 13.7 Å². The third-order valence-electron chi connectivity index (χ3n) is 2.22. The highest BCUT2D eigenvalue weighted by molar-refractivity contribution is 5.73. The molecular weight excluding hydrogens is 230 g/mol. The fraction of sp³-hybridized carbons (Fsp3) is 0. The Balaban J connectivity index is 2.74. The molecule has 0 aliphatic heterocycles. The Morgan fingerprint density at radius 1 is 1.24 bits per heavy atom. The van der Waals surface area contributed by atoms with E-state index in [1.165, 1.54) is 24.5 Å². The number of nitro groups is 1. The van der Waals surface area contributed by atoms with Crippen LogP contribution in [-0.2, 0) is 0 Å². The average Bonchev–Trinajstić information content (AvgIpc) is 2.33. The number of pyridine rings is 1. The summed E-state index contributed by atoms with van der Waals surface area (Å²) in [4.78, 5) is 13.7. The van der Waals surface area contributed by atoms with Gasteiger partial charge in [0.25, 0.3) is 5.69 Å². The van der Waals surface area contributed by atoms with Crippen LogP contribution in [0.5, 0.6) is 0 Å². The lowest BCUT2D eigenvalue weighted by Crippen LogP contribution is -1.97. The molecule has 0 bridgehead atoms.